The van der Waals surface area contributed by atoms with Gasteiger partial charge >= 0.3 is 12.1 Å². The number of benzene rings is 3. The van der Waals surface area contributed by atoms with Gasteiger partial charge in [-0.1, -0.05) is 67.9 Å². The van der Waals surface area contributed by atoms with E-state index in [0.717, 1.165) is 28.3 Å². The SMILES string of the molecule is CCCC(NC(=O)OCC1c2ccccc2-c2ccccc21)C(=O)Nc1c(F)cccc1C(=O)O. The number of rotatable bonds is 8. The predicted molar refractivity (Wildman–Crippen MR) is 129 cm³/mol. The van der Waals surface area contributed by atoms with Crippen molar-refractivity contribution in [1.29, 1.82) is 0 Å². The Kier molecular flexibility index (Phi) is 7.10. The summed E-state index contributed by atoms with van der Waals surface area (Å²) >= 11 is 0. The summed E-state index contributed by atoms with van der Waals surface area (Å²) in [5, 5.41) is 14.1. The number of fused-ring (bicyclic) bond motifs is 3. The lowest BCUT2D eigenvalue weighted by Crippen LogP contribution is -2.44. The van der Waals surface area contributed by atoms with Gasteiger partial charge in [0.25, 0.3) is 0 Å². The number of hydrogen-bond acceptors (Lipinski definition) is 4. The molecule has 1 unspecified atom stereocenters. The average molecular weight is 477 g/mol. The quantitative estimate of drug-likeness (QED) is 0.416. The molecule has 1 atom stereocenters. The highest BCUT2D eigenvalue weighted by atomic mass is 19.1. The van der Waals surface area contributed by atoms with Crippen molar-refractivity contribution >= 4 is 23.7 Å². The van der Waals surface area contributed by atoms with E-state index in [1.807, 2.05) is 55.5 Å². The summed E-state index contributed by atoms with van der Waals surface area (Å²) in [6.45, 7) is 1.91. The number of carbonyl (C=O) groups is 3. The number of alkyl carbamates (subject to hydrolysis) is 1. The van der Waals surface area contributed by atoms with Crippen molar-refractivity contribution in [1.82, 2.24) is 5.32 Å². The monoisotopic (exact) mass is 476 g/mol. The molecule has 2 amide bonds. The van der Waals surface area contributed by atoms with Gasteiger partial charge in [0, 0.05) is 5.92 Å². The Labute approximate surface area is 201 Å². The predicted octanol–water partition coefficient (Wildman–Crippen LogP) is 5.17. The van der Waals surface area contributed by atoms with Crippen molar-refractivity contribution in [2.24, 2.45) is 0 Å². The molecule has 3 aromatic rings. The Balaban J connectivity index is 1.44. The van der Waals surface area contributed by atoms with E-state index < -0.39 is 35.5 Å². The Morgan fingerprint density at radius 1 is 0.971 bits per heavy atom. The van der Waals surface area contributed by atoms with Crippen LogP contribution in [0, 0.1) is 5.82 Å². The van der Waals surface area contributed by atoms with Crippen molar-refractivity contribution < 1.29 is 28.6 Å². The van der Waals surface area contributed by atoms with E-state index in [-0.39, 0.29) is 24.5 Å². The number of aromatic carboxylic acids is 1. The van der Waals surface area contributed by atoms with Crippen LogP contribution in [0.1, 0.15) is 47.2 Å². The zero-order valence-corrected chi connectivity index (χ0v) is 19.1. The Morgan fingerprint density at radius 2 is 1.60 bits per heavy atom. The molecule has 3 aromatic carbocycles. The van der Waals surface area contributed by atoms with Crippen LogP contribution < -0.4 is 10.6 Å². The first-order chi connectivity index (χ1) is 16.9. The standard InChI is InChI=1S/C27H25FN2O5/c1-2-8-23(25(31)30-24-20(26(32)33)13-7-14-22(24)28)29-27(34)35-15-21-18-11-5-3-9-16(18)17-10-4-6-12-19(17)21/h3-7,9-14,21,23H,2,8,15H2,1H3,(H,29,34)(H,30,31)(H,32,33). The molecular weight excluding hydrogens is 451 g/mol. The van der Waals surface area contributed by atoms with E-state index >= 15 is 0 Å². The topological polar surface area (TPSA) is 105 Å². The summed E-state index contributed by atoms with van der Waals surface area (Å²) in [6.07, 6.45) is 0.0185. The number of halogens is 1. The minimum Gasteiger partial charge on any atom is -0.478 e. The largest absolute Gasteiger partial charge is 0.478 e. The van der Waals surface area contributed by atoms with E-state index in [0.29, 0.717) is 6.42 Å². The van der Waals surface area contributed by atoms with Gasteiger partial charge in [-0.15, -0.1) is 0 Å². The fraction of sp³-hybridized carbons (Fsp3) is 0.222. The molecular formula is C27H25FN2O5. The first-order valence-corrected chi connectivity index (χ1v) is 11.3. The summed E-state index contributed by atoms with van der Waals surface area (Å²) in [7, 11) is 0. The van der Waals surface area contributed by atoms with Gasteiger partial charge in [0.2, 0.25) is 5.91 Å². The molecule has 180 valence electrons. The normalized spacial score (nSPS) is 12.9. The van der Waals surface area contributed by atoms with Gasteiger partial charge in [-0.05, 0) is 40.8 Å². The third-order valence-corrected chi connectivity index (χ3v) is 6.02. The van der Waals surface area contributed by atoms with E-state index in [1.165, 1.54) is 12.1 Å². The lowest BCUT2D eigenvalue weighted by molar-refractivity contribution is -0.118. The molecule has 0 spiro atoms. The molecule has 0 saturated carbocycles. The van der Waals surface area contributed by atoms with E-state index in [9.17, 15) is 23.9 Å². The fourth-order valence-electron chi connectivity index (χ4n) is 4.38. The van der Waals surface area contributed by atoms with Crippen LogP contribution in [0.5, 0.6) is 0 Å². The summed E-state index contributed by atoms with van der Waals surface area (Å²) in [5.41, 5.74) is 3.49. The van der Waals surface area contributed by atoms with Crippen molar-refractivity contribution in [2.75, 3.05) is 11.9 Å². The second-order valence-corrected chi connectivity index (χ2v) is 8.27. The molecule has 0 aromatic heterocycles. The Hall–Kier alpha value is -4.20. The molecule has 35 heavy (non-hydrogen) atoms. The molecule has 0 fully saturated rings. The molecule has 1 aliphatic rings. The molecule has 4 rings (SSSR count). The van der Waals surface area contributed by atoms with Gasteiger partial charge in [-0.2, -0.15) is 0 Å². The first kappa shape index (κ1) is 23.9. The summed E-state index contributed by atoms with van der Waals surface area (Å²) in [4.78, 5) is 36.8. The van der Waals surface area contributed by atoms with Gasteiger partial charge < -0.3 is 20.5 Å². The molecule has 0 bridgehead atoms. The number of carboxylic acid groups (broad SMARTS) is 1. The van der Waals surface area contributed by atoms with Gasteiger partial charge in [-0.3, -0.25) is 4.79 Å². The van der Waals surface area contributed by atoms with Crippen molar-refractivity contribution in [3.63, 3.8) is 0 Å². The van der Waals surface area contributed by atoms with Gasteiger partial charge in [-0.25, -0.2) is 14.0 Å². The summed E-state index contributed by atoms with van der Waals surface area (Å²) in [5.74, 6) is -3.12. The number of carbonyl (C=O) groups excluding carboxylic acids is 2. The van der Waals surface area contributed by atoms with Crippen LogP contribution in [0.3, 0.4) is 0 Å². The summed E-state index contributed by atoms with van der Waals surface area (Å²) < 4.78 is 19.7. The van der Waals surface area contributed by atoms with Crippen LogP contribution in [-0.2, 0) is 9.53 Å². The molecule has 8 heteroatoms. The second kappa shape index (κ2) is 10.4. The maximum absolute atomic E-state index is 14.2. The lowest BCUT2D eigenvalue weighted by Gasteiger charge is -2.20. The van der Waals surface area contributed by atoms with Crippen molar-refractivity contribution in [3.05, 3.63) is 89.2 Å². The lowest BCUT2D eigenvalue weighted by atomic mass is 9.98. The number of nitrogens with one attached hydrogen (secondary N) is 2. The van der Waals surface area contributed by atoms with E-state index in [4.69, 9.17) is 4.74 Å². The van der Waals surface area contributed by atoms with E-state index in [2.05, 4.69) is 10.6 Å². The van der Waals surface area contributed by atoms with Crippen molar-refractivity contribution in [2.45, 2.75) is 31.7 Å². The third kappa shape index (κ3) is 5.01. The second-order valence-electron chi connectivity index (χ2n) is 8.27. The Bertz CT molecular complexity index is 1230. The number of hydrogen-bond donors (Lipinski definition) is 3. The highest BCUT2D eigenvalue weighted by Crippen LogP contribution is 2.44. The molecule has 3 N–H and O–H groups in total. The average Bonchev–Trinajstić information content (AvgIpc) is 3.17. The van der Waals surface area contributed by atoms with Crippen LogP contribution in [0.4, 0.5) is 14.9 Å². The highest BCUT2D eigenvalue weighted by molar-refractivity contribution is 6.03. The van der Waals surface area contributed by atoms with Gasteiger partial charge in [0.1, 0.15) is 18.5 Å². The Morgan fingerprint density at radius 3 is 2.20 bits per heavy atom. The minimum atomic E-state index is -1.38. The highest BCUT2D eigenvalue weighted by Gasteiger charge is 2.30. The molecule has 0 saturated heterocycles. The fourth-order valence-corrected chi connectivity index (χ4v) is 4.38. The number of ether oxygens (including phenoxy) is 1. The molecule has 0 heterocycles. The minimum absolute atomic E-state index is 0.0802. The van der Waals surface area contributed by atoms with Crippen LogP contribution in [0.15, 0.2) is 66.7 Å². The van der Waals surface area contributed by atoms with Crippen LogP contribution in [0.25, 0.3) is 11.1 Å². The zero-order valence-electron chi connectivity index (χ0n) is 19.1. The maximum Gasteiger partial charge on any atom is 0.407 e. The third-order valence-electron chi connectivity index (χ3n) is 6.02. The van der Waals surface area contributed by atoms with Crippen LogP contribution >= 0.6 is 0 Å². The van der Waals surface area contributed by atoms with Gasteiger partial charge in [0.05, 0.1) is 11.3 Å². The first-order valence-electron chi connectivity index (χ1n) is 11.3. The number of para-hydroxylation sites is 1. The van der Waals surface area contributed by atoms with Crippen LogP contribution in [0.2, 0.25) is 0 Å². The molecule has 7 nitrogen and oxygen atoms in total. The van der Waals surface area contributed by atoms with Crippen molar-refractivity contribution in [3.8, 4) is 11.1 Å². The number of anilines is 1. The molecule has 0 radical (unpaired) electrons. The molecule has 0 aliphatic heterocycles. The van der Waals surface area contributed by atoms with Crippen LogP contribution in [-0.4, -0.2) is 35.7 Å². The number of amides is 2. The van der Waals surface area contributed by atoms with E-state index in [1.54, 1.807) is 0 Å². The number of carboxylic acids is 1. The smallest absolute Gasteiger partial charge is 0.407 e. The zero-order chi connectivity index (χ0) is 24.9. The summed E-state index contributed by atoms with van der Waals surface area (Å²) in [6, 6.07) is 18.3. The van der Waals surface area contributed by atoms with Gasteiger partial charge in [0.15, 0.2) is 0 Å². The molecule has 1 aliphatic carbocycles. The maximum atomic E-state index is 14.2.